The van der Waals surface area contributed by atoms with Crippen molar-refractivity contribution < 1.29 is 28.9 Å². The Balaban J connectivity index is 2.67. The highest BCUT2D eigenvalue weighted by Crippen LogP contribution is 2.32. The third-order valence-corrected chi connectivity index (χ3v) is 2.62. The smallest absolute Gasteiger partial charge is 0.301 e. The largest absolute Gasteiger partial charge is 0.733 e. The maximum atomic E-state index is 10.5. The molecule has 8 heteroatoms. The highest BCUT2D eigenvalue weighted by Gasteiger charge is 2.39. The second-order valence-corrected chi connectivity index (χ2v) is 4.69. The van der Waals surface area contributed by atoms with Crippen LogP contribution in [-0.2, 0) is 14.0 Å². The van der Waals surface area contributed by atoms with Crippen LogP contribution in [0.25, 0.3) is 0 Å². The first-order valence-electron chi connectivity index (χ1n) is 4.22. The number of hydrogen-bond acceptors (Lipinski definition) is 5. The van der Waals surface area contributed by atoms with Crippen LogP contribution < -0.4 is 4.89 Å². The first-order valence-corrected chi connectivity index (χ1v) is 5.91. The van der Waals surface area contributed by atoms with Crippen molar-refractivity contribution in [2.24, 2.45) is 0 Å². The summed E-state index contributed by atoms with van der Waals surface area (Å²) < 4.78 is 20.5. The first kappa shape index (κ1) is 12.9. The third kappa shape index (κ3) is 3.41. The van der Waals surface area contributed by atoms with Crippen molar-refractivity contribution in [3.05, 3.63) is 11.9 Å². The summed E-state index contributed by atoms with van der Waals surface area (Å²) in [6.45, 7) is 0. The molecule has 84 valence electrons. The summed E-state index contributed by atoms with van der Waals surface area (Å²) in [7, 11) is 2.60. The molecule has 6 nitrogen and oxygen atoms in total. The second-order valence-electron chi connectivity index (χ2n) is 3.19. The predicted octanol–water partition coefficient (Wildman–Crippen LogP) is -1.95. The van der Waals surface area contributed by atoms with Crippen molar-refractivity contribution in [3.8, 4) is 0 Å². The molecule has 0 aromatic carbocycles. The molecule has 0 bridgehead atoms. The van der Waals surface area contributed by atoms with Gasteiger partial charge in [-0.1, -0.05) is 0 Å². The Kier molecular flexibility index (Phi) is 4.11. The van der Waals surface area contributed by atoms with E-state index >= 15 is 0 Å². The van der Waals surface area contributed by atoms with Crippen molar-refractivity contribution in [2.75, 3.05) is 7.11 Å². The minimum Gasteiger partial charge on any atom is -0.733 e. The molecule has 15 heavy (non-hydrogen) atoms. The van der Waals surface area contributed by atoms with Crippen LogP contribution >= 0.6 is 7.60 Å². The van der Waals surface area contributed by atoms with Crippen LogP contribution in [0, 0.1) is 0 Å². The molecular weight excluding hydrogens is 222 g/mol. The zero-order valence-corrected chi connectivity index (χ0v) is 8.96. The molecule has 3 N–H and O–H groups in total. The summed E-state index contributed by atoms with van der Waals surface area (Å²) in [4.78, 5) is 17.2. The van der Waals surface area contributed by atoms with E-state index in [1.165, 1.54) is 7.11 Å². The fourth-order valence-corrected chi connectivity index (χ4v) is 1.75. The summed E-state index contributed by atoms with van der Waals surface area (Å²) in [5, 5.41) is 9.58. The molecule has 0 spiro atoms. The average Bonchev–Trinajstić information content (AvgIpc) is 2.37. The fourth-order valence-electron chi connectivity index (χ4n) is 1.35. The van der Waals surface area contributed by atoms with E-state index in [9.17, 15) is 14.6 Å². The van der Waals surface area contributed by atoms with Gasteiger partial charge in [-0.2, -0.15) is 0 Å². The van der Waals surface area contributed by atoms with Gasteiger partial charge in [-0.15, -0.1) is 0 Å². The quantitative estimate of drug-likeness (QED) is 0.347. The molecule has 1 aliphatic heterocycles. The lowest BCUT2D eigenvalue weighted by Crippen LogP contribution is -2.34. The lowest BCUT2D eigenvalue weighted by Gasteiger charge is -2.15. The molecule has 0 aliphatic carbocycles. The molecule has 5 atom stereocenters. The van der Waals surface area contributed by atoms with E-state index in [0.29, 0.717) is 5.82 Å². The van der Waals surface area contributed by atoms with Crippen molar-refractivity contribution >= 4 is 15.4 Å². The zero-order chi connectivity index (χ0) is 11.6. The van der Waals surface area contributed by atoms with Gasteiger partial charge in [0.2, 0.25) is 0 Å². The molecule has 1 saturated heterocycles. The lowest BCUT2D eigenvalue weighted by molar-refractivity contribution is -0.189. The average molecular weight is 234 g/mol. The molecule has 2 unspecified atom stereocenters. The van der Waals surface area contributed by atoms with Gasteiger partial charge in [0.05, 0.1) is 0 Å². The van der Waals surface area contributed by atoms with Crippen molar-refractivity contribution in [3.63, 3.8) is 0 Å². The monoisotopic (exact) mass is 234 g/mol. The highest BCUT2D eigenvalue weighted by molar-refractivity contribution is 7.53. The van der Waals surface area contributed by atoms with E-state index in [0.717, 1.165) is 6.08 Å². The molecule has 1 fully saturated rings. The summed E-state index contributed by atoms with van der Waals surface area (Å²) in [6.07, 6.45) is -1.51. The van der Waals surface area contributed by atoms with E-state index in [1.807, 2.05) is 0 Å². The lowest BCUT2D eigenvalue weighted by atomic mass is 9.93. The van der Waals surface area contributed by atoms with Gasteiger partial charge in [0.15, 0.2) is 0 Å². The normalized spacial score (nSPS) is 40.8. The Morgan fingerprint density at radius 3 is 2.73 bits per heavy atom. The standard InChI is InChI=1S/C7H12BO6P/c1-13-6-5(9)4(14-7(6)8)2-3-15(10,11)12/h2-7,9H,1H3,(H2,10,11,12)/b3-2-/t4-,5+,6?,7-/m1/s1. The molecule has 0 saturated carbocycles. The van der Waals surface area contributed by atoms with Crippen molar-refractivity contribution in [1.29, 1.82) is 0 Å². The fraction of sp³-hybridized carbons (Fsp3) is 0.714. The van der Waals surface area contributed by atoms with Crippen LogP contribution in [-0.4, -0.2) is 49.3 Å². The van der Waals surface area contributed by atoms with E-state index in [4.69, 9.17) is 22.2 Å². The Bertz CT molecular complexity index is 289. The topological polar surface area (TPSA) is 102 Å². The van der Waals surface area contributed by atoms with Crippen LogP contribution in [0.5, 0.6) is 0 Å². The van der Waals surface area contributed by atoms with Gasteiger partial charge in [-0.05, 0) is 6.08 Å². The van der Waals surface area contributed by atoms with Gasteiger partial charge >= 0.3 is 7.60 Å². The van der Waals surface area contributed by atoms with Gasteiger partial charge in [0.1, 0.15) is 26.2 Å². The molecule has 0 amide bonds. The Hall–Kier alpha value is -0.165. The summed E-state index contributed by atoms with van der Waals surface area (Å²) >= 11 is 0. The van der Waals surface area contributed by atoms with E-state index < -0.39 is 31.9 Å². The Morgan fingerprint density at radius 2 is 2.33 bits per heavy atom. The zero-order valence-electron chi connectivity index (χ0n) is 8.07. The molecule has 2 radical (unpaired) electrons. The summed E-state index contributed by atoms with van der Waals surface area (Å²) in [6, 6.07) is -0.809. The van der Waals surface area contributed by atoms with E-state index in [1.54, 1.807) is 0 Å². The number of ether oxygens (including phenoxy) is 2. The summed E-state index contributed by atoms with van der Waals surface area (Å²) in [5.74, 6) is 0.672. The van der Waals surface area contributed by atoms with Gasteiger partial charge in [0.25, 0.3) is 0 Å². The molecule has 0 aromatic rings. The van der Waals surface area contributed by atoms with Crippen molar-refractivity contribution in [1.82, 2.24) is 0 Å². The number of hydrogen-bond donors (Lipinski definition) is 1. The molecule has 1 rings (SSSR count). The molecule has 0 aromatic heterocycles. The minimum atomic E-state index is -4.25. The third-order valence-electron chi connectivity index (χ3n) is 2.06. The van der Waals surface area contributed by atoms with E-state index in [2.05, 4.69) is 0 Å². The predicted molar refractivity (Wildman–Crippen MR) is 51.6 cm³/mol. The van der Waals surface area contributed by atoms with Gasteiger partial charge in [-0.25, -0.2) is 4.57 Å². The van der Waals surface area contributed by atoms with Crippen LogP contribution in [0.3, 0.4) is 0 Å². The molecule has 1 heterocycles. The minimum absolute atomic E-state index is 0.672. The van der Waals surface area contributed by atoms with Crippen LogP contribution in [0.2, 0.25) is 0 Å². The Labute approximate surface area is 88.5 Å². The van der Waals surface area contributed by atoms with Crippen LogP contribution in [0.15, 0.2) is 11.9 Å². The molecule has 1 aliphatic rings. The first-order chi connectivity index (χ1) is 6.85. The number of rotatable bonds is 3. The second kappa shape index (κ2) is 4.78. The number of aliphatic hydroxyl groups is 1. The van der Waals surface area contributed by atoms with Gasteiger partial charge in [-0.3, -0.25) is 0 Å². The summed E-state index contributed by atoms with van der Waals surface area (Å²) in [5.41, 5.74) is 0. The molecular formula is C7H12BO6P. The van der Waals surface area contributed by atoms with Crippen LogP contribution in [0.1, 0.15) is 0 Å². The number of methoxy groups -OCH3 is 1. The maximum Gasteiger partial charge on any atom is 0.301 e. The van der Waals surface area contributed by atoms with Gasteiger partial charge in [0, 0.05) is 18.9 Å². The SMILES string of the molecule is [B][C@@H]1O[C@H](/C=C\P(=O)([O-])[OH2+])[C@H](O)C1OC. The maximum absolute atomic E-state index is 10.5. The van der Waals surface area contributed by atoms with Gasteiger partial charge < -0.3 is 24.4 Å². The van der Waals surface area contributed by atoms with Crippen molar-refractivity contribution in [2.45, 2.75) is 24.3 Å². The Morgan fingerprint density at radius 1 is 1.73 bits per heavy atom. The van der Waals surface area contributed by atoms with Crippen LogP contribution in [0.4, 0.5) is 0 Å². The van der Waals surface area contributed by atoms with E-state index in [-0.39, 0.29) is 0 Å². The highest BCUT2D eigenvalue weighted by atomic mass is 31.2. The number of aliphatic hydroxyl groups excluding tert-OH is 1.